The summed E-state index contributed by atoms with van der Waals surface area (Å²) in [6.45, 7) is 2.13. The fraction of sp³-hybridized carbons (Fsp3) is 0.200. The molecule has 0 unspecified atom stereocenters. The van der Waals surface area contributed by atoms with E-state index in [9.17, 15) is 9.18 Å². The Bertz CT molecular complexity index is 867. The molecule has 0 fully saturated rings. The van der Waals surface area contributed by atoms with Crippen LogP contribution in [0.1, 0.15) is 19.0 Å². The molecule has 0 saturated carbocycles. The van der Waals surface area contributed by atoms with E-state index in [0.717, 1.165) is 16.3 Å². The molecule has 0 spiro atoms. The molecule has 26 heavy (non-hydrogen) atoms. The lowest BCUT2D eigenvalue weighted by molar-refractivity contribution is -0.128. The first-order chi connectivity index (χ1) is 12.7. The van der Waals surface area contributed by atoms with E-state index in [4.69, 9.17) is 4.74 Å². The third-order valence-electron chi connectivity index (χ3n) is 3.79. The third kappa shape index (κ3) is 4.46. The maximum absolute atomic E-state index is 13.7. The van der Waals surface area contributed by atoms with Crippen LogP contribution in [0.4, 0.5) is 4.39 Å². The van der Waals surface area contributed by atoms with Gasteiger partial charge in [-0.1, -0.05) is 49.4 Å². The Morgan fingerprint density at radius 1 is 1.19 bits per heavy atom. The number of carbonyl (C=O) groups is 1. The van der Waals surface area contributed by atoms with Gasteiger partial charge in [0, 0.05) is 10.9 Å². The Morgan fingerprint density at radius 3 is 2.65 bits per heavy atom. The summed E-state index contributed by atoms with van der Waals surface area (Å²) in [7, 11) is 0. The first-order valence-corrected chi connectivity index (χ1v) is 9.24. The summed E-state index contributed by atoms with van der Waals surface area (Å²) in [4.78, 5) is 16.9. The van der Waals surface area contributed by atoms with Gasteiger partial charge in [0.25, 0.3) is 5.91 Å². The van der Waals surface area contributed by atoms with Crippen molar-refractivity contribution in [3.05, 3.63) is 71.5 Å². The summed E-state index contributed by atoms with van der Waals surface area (Å²) in [6, 6.07) is 15.9. The smallest absolute Gasteiger partial charge is 0.261 e. The zero-order valence-electron chi connectivity index (χ0n) is 14.3. The number of ether oxygens (including phenoxy) is 1. The molecular weight excluding hydrogens is 351 g/mol. The van der Waals surface area contributed by atoms with Crippen LogP contribution in [0.25, 0.3) is 10.6 Å². The number of hydrogen-bond acceptors (Lipinski definition) is 4. The van der Waals surface area contributed by atoms with Crippen LogP contribution in [0.3, 0.4) is 0 Å². The highest BCUT2D eigenvalue weighted by molar-refractivity contribution is 7.13. The van der Waals surface area contributed by atoms with E-state index in [0.29, 0.717) is 13.0 Å². The molecule has 1 atom stereocenters. The maximum Gasteiger partial charge on any atom is 0.261 e. The van der Waals surface area contributed by atoms with Gasteiger partial charge in [-0.2, -0.15) is 0 Å². The van der Waals surface area contributed by atoms with Crippen LogP contribution in [0.15, 0.2) is 60.0 Å². The van der Waals surface area contributed by atoms with Crippen molar-refractivity contribution >= 4 is 17.2 Å². The van der Waals surface area contributed by atoms with Crippen LogP contribution >= 0.6 is 11.3 Å². The van der Waals surface area contributed by atoms with E-state index in [1.807, 2.05) is 42.6 Å². The van der Waals surface area contributed by atoms with Gasteiger partial charge < -0.3 is 10.1 Å². The minimum Gasteiger partial charge on any atom is -0.478 e. The van der Waals surface area contributed by atoms with E-state index < -0.39 is 11.9 Å². The summed E-state index contributed by atoms with van der Waals surface area (Å²) >= 11 is 1.53. The molecule has 4 nitrogen and oxygen atoms in total. The summed E-state index contributed by atoms with van der Waals surface area (Å²) < 4.78 is 19.2. The summed E-state index contributed by atoms with van der Waals surface area (Å²) in [5.41, 5.74) is 1.83. The fourth-order valence-electron chi connectivity index (χ4n) is 2.41. The van der Waals surface area contributed by atoms with Gasteiger partial charge in [-0.05, 0) is 18.6 Å². The number of nitrogens with one attached hydrogen (secondary N) is 1. The molecule has 1 aromatic heterocycles. The van der Waals surface area contributed by atoms with Crippen LogP contribution in [0.5, 0.6) is 5.75 Å². The van der Waals surface area contributed by atoms with Gasteiger partial charge >= 0.3 is 0 Å². The minimum absolute atomic E-state index is 0.0783. The van der Waals surface area contributed by atoms with Gasteiger partial charge in [0.1, 0.15) is 5.01 Å². The number of rotatable bonds is 7. The van der Waals surface area contributed by atoms with Crippen molar-refractivity contribution in [1.29, 1.82) is 0 Å². The maximum atomic E-state index is 13.7. The molecule has 0 radical (unpaired) electrons. The molecule has 3 aromatic rings. The monoisotopic (exact) mass is 370 g/mol. The number of thiazole rings is 1. The number of aromatic nitrogens is 1. The largest absolute Gasteiger partial charge is 0.478 e. The van der Waals surface area contributed by atoms with E-state index >= 15 is 0 Å². The number of nitrogens with zero attached hydrogens (tertiary/aromatic N) is 1. The van der Waals surface area contributed by atoms with Gasteiger partial charge in [-0.15, -0.1) is 11.3 Å². The number of para-hydroxylation sites is 1. The van der Waals surface area contributed by atoms with Crippen molar-refractivity contribution in [2.75, 3.05) is 0 Å². The standard InChI is InChI=1S/C20H19FN2O2S/c1-2-17(25-18-11-7-6-10-16(18)21)19(24)22-12-15-13-26-20(23-15)14-8-4-3-5-9-14/h3-11,13,17H,2,12H2,1H3,(H,22,24)/t17-/m0/s1. The van der Waals surface area contributed by atoms with Crippen LogP contribution < -0.4 is 10.1 Å². The van der Waals surface area contributed by atoms with E-state index in [1.165, 1.54) is 23.5 Å². The number of carbonyl (C=O) groups excluding carboxylic acids is 1. The molecule has 1 heterocycles. The average molecular weight is 370 g/mol. The van der Waals surface area contributed by atoms with Crippen molar-refractivity contribution < 1.29 is 13.9 Å². The second kappa shape index (κ2) is 8.58. The quantitative estimate of drug-likeness (QED) is 0.670. The molecule has 0 aliphatic rings. The molecule has 0 aliphatic heterocycles. The van der Waals surface area contributed by atoms with E-state index in [1.54, 1.807) is 12.1 Å². The topological polar surface area (TPSA) is 51.2 Å². The van der Waals surface area contributed by atoms with Crippen molar-refractivity contribution in [1.82, 2.24) is 10.3 Å². The third-order valence-corrected chi connectivity index (χ3v) is 4.73. The molecule has 134 valence electrons. The number of halogens is 1. The summed E-state index contributed by atoms with van der Waals surface area (Å²) in [5.74, 6) is -0.690. The van der Waals surface area contributed by atoms with Gasteiger partial charge in [-0.3, -0.25) is 4.79 Å². The Balaban J connectivity index is 1.59. The number of hydrogen-bond donors (Lipinski definition) is 1. The molecule has 3 rings (SSSR count). The summed E-state index contributed by atoms with van der Waals surface area (Å²) in [6.07, 6.45) is -0.314. The second-order valence-corrected chi connectivity index (χ2v) is 6.53. The second-order valence-electron chi connectivity index (χ2n) is 5.67. The predicted octanol–water partition coefficient (Wildman–Crippen LogP) is 4.42. The Morgan fingerprint density at radius 2 is 1.92 bits per heavy atom. The molecule has 1 amide bonds. The zero-order chi connectivity index (χ0) is 18.4. The molecule has 0 bridgehead atoms. The van der Waals surface area contributed by atoms with E-state index in [2.05, 4.69) is 10.3 Å². The van der Waals surface area contributed by atoms with Crippen molar-refractivity contribution in [2.45, 2.75) is 26.0 Å². The highest BCUT2D eigenvalue weighted by atomic mass is 32.1. The minimum atomic E-state index is -0.751. The zero-order valence-corrected chi connectivity index (χ0v) is 15.1. The normalized spacial score (nSPS) is 11.8. The fourth-order valence-corrected chi connectivity index (χ4v) is 3.23. The van der Waals surface area contributed by atoms with Gasteiger partial charge in [0.15, 0.2) is 17.7 Å². The lowest BCUT2D eigenvalue weighted by atomic mass is 10.2. The van der Waals surface area contributed by atoms with Crippen LogP contribution in [0, 0.1) is 5.82 Å². The highest BCUT2D eigenvalue weighted by Gasteiger charge is 2.19. The predicted molar refractivity (Wildman–Crippen MR) is 101 cm³/mol. The van der Waals surface area contributed by atoms with E-state index in [-0.39, 0.29) is 11.7 Å². The van der Waals surface area contributed by atoms with Crippen molar-refractivity contribution in [3.8, 4) is 16.3 Å². The molecule has 1 N–H and O–H groups in total. The first kappa shape index (κ1) is 18.1. The number of amides is 1. The Kier molecular flexibility index (Phi) is 5.96. The lowest BCUT2D eigenvalue weighted by Crippen LogP contribution is -2.37. The van der Waals surface area contributed by atoms with Gasteiger partial charge in [0.05, 0.1) is 12.2 Å². The SMILES string of the molecule is CC[C@H](Oc1ccccc1F)C(=O)NCc1csc(-c2ccccc2)n1. The Labute approximate surface area is 155 Å². The molecular formula is C20H19FN2O2S. The molecule has 0 aliphatic carbocycles. The van der Waals surface area contributed by atoms with Crippen LogP contribution in [0.2, 0.25) is 0 Å². The molecule has 0 saturated heterocycles. The van der Waals surface area contributed by atoms with Gasteiger partial charge in [0.2, 0.25) is 0 Å². The summed E-state index contributed by atoms with van der Waals surface area (Å²) in [5, 5.41) is 5.64. The van der Waals surface area contributed by atoms with Crippen LogP contribution in [-0.4, -0.2) is 17.0 Å². The highest BCUT2D eigenvalue weighted by Crippen LogP contribution is 2.23. The first-order valence-electron chi connectivity index (χ1n) is 8.36. The molecule has 6 heteroatoms. The molecule has 2 aromatic carbocycles. The van der Waals surface area contributed by atoms with Crippen molar-refractivity contribution in [3.63, 3.8) is 0 Å². The average Bonchev–Trinajstić information content (AvgIpc) is 3.15. The Hall–Kier alpha value is -2.73. The van der Waals surface area contributed by atoms with Crippen molar-refractivity contribution in [2.24, 2.45) is 0 Å². The van der Waals surface area contributed by atoms with Crippen LogP contribution in [-0.2, 0) is 11.3 Å². The number of benzene rings is 2. The lowest BCUT2D eigenvalue weighted by Gasteiger charge is -2.17. The van der Waals surface area contributed by atoms with Gasteiger partial charge in [-0.25, -0.2) is 9.37 Å².